The molecule has 1 aliphatic rings. The van der Waals surface area contributed by atoms with Crippen LogP contribution in [0.3, 0.4) is 0 Å². The molecule has 1 fully saturated rings. The van der Waals surface area contributed by atoms with Gasteiger partial charge in [0.1, 0.15) is 17.7 Å². The summed E-state index contributed by atoms with van der Waals surface area (Å²) in [6.45, 7) is 0.0346. The Labute approximate surface area is 149 Å². The number of hydrogen-bond donors (Lipinski definition) is 2. The number of nitrogens with one attached hydrogen (secondary N) is 1. The summed E-state index contributed by atoms with van der Waals surface area (Å²) in [6.07, 6.45) is 2.00. The van der Waals surface area contributed by atoms with Crippen LogP contribution < -0.4 is 5.32 Å². The molecule has 2 aromatic heterocycles. The zero-order valence-electron chi connectivity index (χ0n) is 13.9. The molecule has 1 unspecified atom stereocenters. The predicted molar refractivity (Wildman–Crippen MR) is 91.7 cm³/mol. The smallest absolute Gasteiger partial charge is 0.230 e. The minimum absolute atomic E-state index is 0.0346. The fourth-order valence-electron chi connectivity index (χ4n) is 3.08. The number of aliphatic hydroxyl groups is 1. The average Bonchev–Trinajstić information content (AvgIpc) is 3.07. The van der Waals surface area contributed by atoms with Gasteiger partial charge in [0, 0.05) is 0 Å². The van der Waals surface area contributed by atoms with Crippen LogP contribution in [-0.2, 0) is 10.2 Å². The minimum atomic E-state index is -0.966. The zero-order valence-corrected chi connectivity index (χ0v) is 13.9. The molecule has 1 aliphatic carbocycles. The number of aliphatic hydroxyl groups excluding tert-OH is 1. The standard InChI is InChI=1S/C20H18FNO4/c21-14-5-3-13(4-6-14)20(9-10-20)19(24)22-12-15(23)16-7-8-18(26-16)17-2-1-11-25-17/h1-8,11,15,23H,9-10,12H2,(H,22,24). The second kappa shape index (κ2) is 6.46. The molecular weight excluding hydrogens is 337 g/mol. The third-order valence-corrected chi connectivity index (χ3v) is 4.76. The van der Waals surface area contributed by atoms with Gasteiger partial charge in [-0.3, -0.25) is 4.79 Å². The number of benzene rings is 1. The van der Waals surface area contributed by atoms with E-state index in [0.29, 0.717) is 30.1 Å². The summed E-state index contributed by atoms with van der Waals surface area (Å²) in [5.41, 5.74) is 0.180. The summed E-state index contributed by atoms with van der Waals surface area (Å²) < 4.78 is 23.9. The minimum Gasteiger partial charge on any atom is -0.461 e. The number of halogens is 1. The second-order valence-electron chi connectivity index (χ2n) is 6.49. The molecule has 1 aromatic carbocycles. The van der Waals surface area contributed by atoms with Gasteiger partial charge in [-0.05, 0) is 54.8 Å². The molecule has 1 saturated carbocycles. The van der Waals surface area contributed by atoms with Crippen LogP contribution in [0.15, 0.2) is 63.6 Å². The van der Waals surface area contributed by atoms with E-state index < -0.39 is 11.5 Å². The number of rotatable bonds is 6. The lowest BCUT2D eigenvalue weighted by Gasteiger charge is -2.17. The fourth-order valence-corrected chi connectivity index (χ4v) is 3.08. The predicted octanol–water partition coefficient (Wildman–Crippen LogP) is 3.56. The van der Waals surface area contributed by atoms with E-state index in [-0.39, 0.29) is 18.3 Å². The molecule has 1 amide bonds. The Bertz CT molecular complexity index is 894. The first-order valence-electron chi connectivity index (χ1n) is 8.44. The van der Waals surface area contributed by atoms with Crippen LogP contribution in [0, 0.1) is 5.82 Å². The van der Waals surface area contributed by atoms with Crippen LogP contribution in [0.2, 0.25) is 0 Å². The van der Waals surface area contributed by atoms with Gasteiger partial charge in [-0.2, -0.15) is 0 Å². The molecular formula is C20H18FNO4. The summed E-state index contributed by atoms with van der Waals surface area (Å²) in [7, 11) is 0. The topological polar surface area (TPSA) is 75.6 Å². The molecule has 26 heavy (non-hydrogen) atoms. The number of carbonyl (C=O) groups excluding carboxylic acids is 1. The highest BCUT2D eigenvalue weighted by atomic mass is 19.1. The van der Waals surface area contributed by atoms with Gasteiger partial charge in [0.2, 0.25) is 5.91 Å². The van der Waals surface area contributed by atoms with Crippen LogP contribution in [0.25, 0.3) is 11.5 Å². The summed E-state index contributed by atoms with van der Waals surface area (Å²) in [6, 6.07) is 12.9. The van der Waals surface area contributed by atoms with Crippen molar-refractivity contribution in [3.8, 4) is 11.5 Å². The van der Waals surface area contributed by atoms with Gasteiger partial charge >= 0.3 is 0 Å². The SMILES string of the molecule is O=C(NCC(O)c1ccc(-c2ccco2)o1)C1(c2ccc(F)cc2)CC1. The summed E-state index contributed by atoms with van der Waals surface area (Å²) in [4.78, 5) is 12.6. The van der Waals surface area contributed by atoms with Gasteiger partial charge < -0.3 is 19.3 Å². The van der Waals surface area contributed by atoms with E-state index in [1.54, 1.807) is 42.7 Å². The summed E-state index contributed by atoms with van der Waals surface area (Å²) >= 11 is 0. The van der Waals surface area contributed by atoms with E-state index in [1.807, 2.05) is 0 Å². The summed E-state index contributed by atoms with van der Waals surface area (Å²) in [5, 5.41) is 13.1. The Morgan fingerprint density at radius 2 is 1.92 bits per heavy atom. The molecule has 5 nitrogen and oxygen atoms in total. The van der Waals surface area contributed by atoms with Crippen LogP contribution >= 0.6 is 0 Å². The van der Waals surface area contributed by atoms with Crippen molar-refractivity contribution in [2.24, 2.45) is 0 Å². The van der Waals surface area contributed by atoms with E-state index >= 15 is 0 Å². The van der Waals surface area contributed by atoms with Crippen molar-refractivity contribution >= 4 is 5.91 Å². The molecule has 2 N–H and O–H groups in total. The van der Waals surface area contributed by atoms with E-state index in [4.69, 9.17) is 8.83 Å². The summed E-state index contributed by atoms with van der Waals surface area (Å²) in [5.74, 6) is 0.941. The Morgan fingerprint density at radius 1 is 1.15 bits per heavy atom. The van der Waals surface area contributed by atoms with Gasteiger partial charge in [0.15, 0.2) is 11.5 Å². The Hall–Kier alpha value is -2.86. The zero-order chi connectivity index (χ0) is 18.1. The van der Waals surface area contributed by atoms with E-state index in [2.05, 4.69) is 5.32 Å². The second-order valence-corrected chi connectivity index (χ2v) is 6.49. The number of hydrogen-bond acceptors (Lipinski definition) is 4. The van der Waals surface area contributed by atoms with Crippen molar-refractivity contribution in [2.75, 3.05) is 6.54 Å². The van der Waals surface area contributed by atoms with Crippen molar-refractivity contribution in [1.82, 2.24) is 5.32 Å². The van der Waals surface area contributed by atoms with E-state index in [0.717, 1.165) is 5.56 Å². The maximum absolute atomic E-state index is 13.1. The van der Waals surface area contributed by atoms with E-state index in [9.17, 15) is 14.3 Å². The highest BCUT2D eigenvalue weighted by molar-refractivity contribution is 5.91. The first kappa shape index (κ1) is 16.6. The maximum Gasteiger partial charge on any atom is 0.230 e. The third kappa shape index (κ3) is 3.04. The number of carbonyl (C=O) groups is 1. The molecule has 134 valence electrons. The molecule has 1 atom stereocenters. The normalized spacial score (nSPS) is 16.2. The Balaban J connectivity index is 1.39. The first-order chi connectivity index (χ1) is 12.6. The number of amides is 1. The van der Waals surface area contributed by atoms with Gasteiger partial charge in [-0.25, -0.2) is 4.39 Å². The monoisotopic (exact) mass is 355 g/mol. The van der Waals surface area contributed by atoms with Crippen molar-refractivity contribution in [3.05, 3.63) is 71.9 Å². The average molecular weight is 355 g/mol. The largest absolute Gasteiger partial charge is 0.461 e. The molecule has 4 rings (SSSR count). The quantitative estimate of drug-likeness (QED) is 0.709. The molecule has 2 heterocycles. The molecule has 0 saturated heterocycles. The van der Waals surface area contributed by atoms with Crippen molar-refractivity contribution < 1.29 is 23.1 Å². The lowest BCUT2D eigenvalue weighted by Crippen LogP contribution is -2.37. The van der Waals surface area contributed by atoms with Crippen molar-refractivity contribution in [2.45, 2.75) is 24.4 Å². The molecule has 6 heteroatoms. The van der Waals surface area contributed by atoms with Gasteiger partial charge in [-0.15, -0.1) is 0 Å². The van der Waals surface area contributed by atoms with Crippen LogP contribution in [0.1, 0.15) is 30.3 Å². The highest BCUT2D eigenvalue weighted by Crippen LogP contribution is 2.48. The van der Waals surface area contributed by atoms with Crippen molar-refractivity contribution in [3.63, 3.8) is 0 Å². The lowest BCUT2D eigenvalue weighted by molar-refractivity contribution is -0.124. The Kier molecular flexibility index (Phi) is 4.12. The lowest BCUT2D eigenvalue weighted by atomic mass is 9.95. The molecule has 0 spiro atoms. The van der Waals surface area contributed by atoms with Gasteiger partial charge in [0.25, 0.3) is 0 Å². The highest BCUT2D eigenvalue weighted by Gasteiger charge is 2.51. The van der Waals surface area contributed by atoms with Crippen LogP contribution in [0.5, 0.6) is 0 Å². The van der Waals surface area contributed by atoms with E-state index in [1.165, 1.54) is 12.1 Å². The molecule has 0 bridgehead atoms. The maximum atomic E-state index is 13.1. The van der Waals surface area contributed by atoms with Gasteiger partial charge in [0.05, 0.1) is 18.2 Å². The fraction of sp³-hybridized carbons (Fsp3) is 0.250. The molecule has 3 aromatic rings. The number of furan rings is 2. The van der Waals surface area contributed by atoms with Crippen molar-refractivity contribution in [1.29, 1.82) is 0 Å². The first-order valence-corrected chi connectivity index (χ1v) is 8.44. The van der Waals surface area contributed by atoms with Gasteiger partial charge in [-0.1, -0.05) is 12.1 Å². The molecule has 0 aliphatic heterocycles. The van der Waals surface area contributed by atoms with Crippen LogP contribution in [0.4, 0.5) is 4.39 Å². The Morgan fingerprint density at radius 3 is 2.58 bits per heavy atom. The molecule has 0 radical (unpaired) electrons. The third-order valence-electron chi connectivity index (χ3n) is 4.76. The van der Waals surface area contributed by atoms with Crippen LogP contribution in [-0.4, -0.2) is 17.6 Å².